The molecule has 0 heterocycles. The van der Waals surface area contributed by atoms with Gasteiger partial charge in [0.25, 0.3) is 0 Å². The molecule has 21 heavy (non-hydrogen) atoms. The normalized spacial score (nSPS) is 34.9. The highest BCUT2D eigenvalue weighted by molar-refractivity contribution is 5.37. The molecule has 0 aromatic heterocycles. The van der Waals surface area contributed by atoms with Gasteiger partial charge >= 0.3 is 0 Å². The fourth-order valence-electron chi connectivity index (χ4n) is 6.16. The van der Waals surface area contributed by atoms with Crippen molar-refractivity contribution in [2.75, 3.05) is 0 Å². The van der Waals surface area contributed by atoms with E-state index in [1.807, 2.05) is 5.92 Å². The smallest absolute Gasteiger partial charge is 0.0622 e. The van der Waals surface area contributed by atoms with Crippen molar-refractivity contribution in [2.45, 2.75) is 77.0 Å². The quantitative estimate of drug-likeness (QED) is 0.531. The van der Waals surface area contributed by atoms with Crippen molar-refractivity contribution in [1.82, 2.24) is 0 Å². The van der Waals surface area contributed by atoms with Crippen LogP contribution in [0.1, 0.15) is 82.6 Å². The number of rotatable bonds is 1. The molecule has 0 saturated heterocycles. The first-order valence-corrected chi connectivity index (χ1v) is 9.15. The van der Waals surface area contributed by atoms with Crippen LogP contribution in [0.2, 0.25) is 0 Å². The molecule has 0 nitrogen and oxygen atoms in total. The lowest BCUT2D eigenvalue weighted by Crippen LogP contribution is -2.29. The van der Waals surface area contributed by atoms with E-state index in [1.165, 1.54) is 64.2 Å². The van der Waals surface area contributed by atoms with Gasteiger partial charge in [-0.3, -0.25) is 0 Å². The van der Waals surface area contributed by atoms with Crippen LogP contribution in [0, 0.1) is 16.7 Å². The molecular weight excluding hydrogens is 252 g/mol. The maximum Gasteiger partial charge on any atom is 0.131 e. The lowest BCUT2D eigenvalue weighted by Gasteiger charge is -2.36. The molecular formula is C21H29+. The van der Waals surface area contributed by atoms with Crippen molar-refractivity contribution in [1.29, 1.82) is 0 Å². The molecule has 3 aliphatic rings. The second-order valence-corrected chi connectivity index (χ2v) is 8.24. The van der Waals surface area contributed by atoms with Gasteiger partial charge in [-0.15, -0.1) is 0 Å². The first-order valence-electron chi connectivity index (χ1n) is 9.15. The summed E-state index contributed by atoms with van der Waals surface area (Å²) >= 11 is 0. The van der Waals surface area contributed by atoms with Crippen LogP contribution in [0.5, 0.6) is 0 Å². The zero-order chi connectivity index (χ0) is 14.3. The second kappa shape index (κ2) is 5.07. The topological polar surface area (TPSA) is 0 Å². The van der Waals surface area contributed by atoms with Gasteiger partial charge in [0, 0.05) is 11.8 Å². The van der Waals surface area contributed by atoms with Gasteiger partial charge < -0.3 is 0 Å². The summed E-state index contributed by atoms with van der Waals surface area (Å²) < 4.78 is 0. The van der Waals surface area contributed by atoms with E-state index in [9.17, 15) is 0 Å². The SMILES string of the molecule is CC12CCCC[C+]1C(c1ccccc1)C1(CCCCC1)C2. The third-order valence-electron chi connectivity index (χ3n) is 6.89. The van der Waals surface area contributed by atoms with Crippen molar-refractivity contribution >= 4 is 0 Å². The summed E-state index contributed by atoms with van der Waals surface area (Å²) in [7, 11) is 0. The van der Waals surface area contributed by atoms with Crippen molar-refractivity contribution in [3.63, 3.8) is 0 Å². The predicted octanol–water partition coefficient (Wildman–Crippen LogP) is 6.28. The highest BCUT2D eigenvalue weighted by Gasteiger charge is 2.67. The first-order chi connectivity index (χ1) is 10.2. The first kappa shape index (κ1) is 13.7. The summed E-state index contributed by atoms with van der Waals surface area (Å²) in [5.41, 5.74) is 2.78. The lowest BCUT2D eigenvalue weighted by molar-refractivity contribution is 0.147. The van der Waals surface area contributed by atoms with Gasteiger partial charge in [0.05, 0.1) is 6.42 Å². The molecule has 0 N–H and O–H groups in total. The Labute approximate surface area is 130 Å². The Kier molecular flexibility index (Phi) is 3.32. The minimum absolute atomic E-state index is 0.552. The summed E-state index contributed by atoms with van der Waals surface area (Å²) in [5, 5.41) is 0. The van der Waals surface area contributed by atoms with Gasteiger partial charge in [-0.1, -0.05) is 49.6 Å². The Bertz CT molecular complexity index is 482. The highest BCUT2D eigenvalue weighted by atomic mass is 14.6. The molecule has 1 aromatic carbocycles. The van der Waals surface area contributed by atoms with Gasteiger partial charge in [0.2, 0.25) is 0 Å². The maximum absolute atomic E-state index is 2.60. The fourth-order valence-corrected chi connectivity index (χ4v) is 6.16. The number of fused-ring (bicyclic) bond motifs is 1. The summed E-state index contributed by atoms with van der Waals surface area (Å²) in [6.45, 7) is 2.60. The largest absolute Gasteiger partial charge is 0.131 e. The Hall–Kier alpha value is -0.910. The van der Waals surface area contributed by atoms with Gasteiger partial charge in [-0.25, -0.2) is 0 Å². The predicted molar refractivity (Wildman–Crippen MR) is 89.1 cm³/mol. The molecule has 1 spiro atoms. The Morgan fingerprint density at radius 3 is 2.38 bits per heavy atom. The van der Waals surface area contributed by atoms with Crippen LogP contribution in [0.3, 0.4) is 0 Å². The second-order valence-electron chi connectivity index (χ2n) is 8.24. The summed E-state index contributed by atoms with van der Waals surface area (Å²) in [5.74, 6) is 2.70. The molecule has 0 heteroatoms. The third kappa shape index (κ3) is 2.14. The average Bonchev–Trinajstić information content (AvgIpc) is 2.76. The van der Waals surface area contributed by atoms with Gasteiger partial charge in [0.15, 0.2) is 0 Å². The van der Waals surface area contributed by atoms with Gasteiger partial charge in [0.1, 0.15) is 17.3 Å². The van der Waals surface area contributed by atoms with Crippen molar-refractivity contribution in [3.05, 3.63) is 41.8 Å². The molecule has 2 unspecified atom stereocenters. The Morgan fingerprint density at radius 2 is 1.62 bits per heavy atom. The van der Waals surface area contributed by atoms with E-state index in [1.54, 1.807) is 5.56 Å². The van der Waals surface area contributed by atoms with Gasteiger partial charge in [-0.2, -0.15) is 0 Å². The van der Waals surface area contributed by atoms with Crippen LogP contribution in [-0.4, -0.2) is 0 Å². The van der Waals surface area contributed by atoms with E-state index in [2.05, 4.69) is 37.3 Å². The van der Waals surface area contributed by atoms with Crippen LogP contribution < -0.4 is 0 Å². The molecule has 3 saturated carbocycles. The molecule has 2 atom stereocenters. The van der Waals surface area contributed by atoms with E-state index in [4.69, 9.17) is 0 Å². The average molecular weight is 281 g/mol. The van der Waals surface area contributed by atoms with E-state index >= 15 is 0 Å². The standard InChI is InChI=1S/C21H29/c1-20-13-9-6-12-18(20)19(17-10-4-2-5-11-17)21(16-20)14-7-3-8-15-21/h2,4-5,10-11,19H,3,6-9,12-16H2,1H3/q+1. The summed E-state index contributed by atoms with van der Waals surface area (Å²) in [6.07, 6.45) is 14.6. The van der Waals surface area contributed by atoms with Crippen LogP contribution in [0.15, 0.2) is 30.3 Å². The molecule has 0 bridgehead atoms. The Balaban J connectivity index is 1.78. The zero-order valence-corrected chi connectivity index (χ0v) is 13.5. The summed E-state index contributed by atoms with van der Waals surface area (Å²) in [4.78, 5) is 0. The molecule has 0 amide bonds. The number of hydrogen-bond acceptors (Lipinski definition) is 0. The fraction of sp³-hybridized carbons (Fsp3) is 0.667. The molecule has 3 fully saturated rings. The van der Waals surface area contributed by atoms with E-state index < -0.39 is 0 Å². The highest BCUT2D eigenvalue weighted by Crippen LogP contribution is 2.70. The molecule has 1 aromatic rings. The molecule has 4 rings (SSSR count). The Morgan fingerprint density at radius 1 is 0.905 bits per heavy atom. The third-order valence-corrected chi connectivity index (χ3v) is 6.89. The maximum atomic E-state index is 2.60. The van der Waals surface area contributed by atoms with Crippen LogP contribution in [0.4, 0.5) is 0 Å². The van der Waals surface area contributed by atoms with Gasteiger partial charge in [-0.05, 0) is 44.6 Å². The minimum atomic E-state index is 0.552. The molecule has 0 aliphatic heterocycles. The number of benzene rings is 1. The van der Waals surface area contributed by atoms with Crippen molar-refractivity contribution in [2.24, 2.45) is 10.8 Å². The van der Waals surface area contributed by atoms with Crippen molar-refractivity contribution in [3.8, 4) is 0 Å². The monoisotopic (exact) mass is 281 g/mol. The minimum Gasteiger partial charge on any atom is -0.0622 e. The van der Waals surface area contributed by atoms with Crippen LogP contribution in [-0.2, 0) is 0 Å². The van der Waals surface area contributed by atoms with Crippen molar-refractivity contribution < 1.29 is 0 Å². The van der Waals surface area contributed by atoms with E-state index in [0.717, 1.165) is 5.92 Å². The number of hydrogen-bond donors (Lipinski definition) is 0. The molecule has 3 aliphatic carbocycles. The van der Waals surface area contributed by atoms with E-state index in [0.29, 0.717) is 10.8 Å². The summed E-state index contributed by atoms with van der Waals surface area (Å²) in [6, 6.07) is 11.5. The van der Waals surface area contributed by atoms with E-state index in [-0.39, 0.29) is 0 Å². The lowest BCUT2D eigenvalue weighted by atomic mass is 9.63. The zero-order valence-electron chi connectivity index (χ0n) is 13.5. The van der Waals surface area contributed by atoms with Crippen LogP contribution >= 0.6 is 0 Å². The van der Waals surface area contributed by atoms with Crippen LogP contribution in [0.25, 0.3) is 0 Å². The molecule has 0 radical (unpaired) electrons. The molecule has 112 valence electrons.